The number of nitrogens with one attached hydrogen (secondary N) is 2. The van der Waals surface area contributed by atoms with Gasteiger partial charge >= 0.3 is 0 Å². The van der Waals surface area contributed by atoms with Crippen molar-refractivity contribution < 1.29 is 14.3 Å². The molecule has 1 aromatic heterocycles. The molecule has 2 amide bonds. The van der Waals surface area contributed by atoms with Crippen LogP contribution in [0.2, 0.25) is 0 Å². The fourth-order valence-corrected chi connectivity index (χ4v) is 3.28. The van der Waals surface area contributed by atoms with Gasteiger partial charge in [-0.2, -0.15) is 0 Å². The largest absolute Gasteiger partial charge is 0.497 e. The van der Waals surface area contributed by atoms with Gasteiger partial charge in [0, 0.05) is 22.3 Å². The smallest absolute Gasteiger partial charge is 0.277 e. The van der Waals surface area contributed by atoms with E-state index in [2.05, 4.69) is 36.9 Å². The third-order valence-corrected chi connectivity index (χ3v) is 5.36. The Kier molecular flexibility index (Phi) is 6.80. The van der Waals surface area contributed by atoms with Crippen LogP contribution in [0, 0.1) is 0 Å². The summed E-state index contributed by atoms with van der Waals surface area (Å²) in [7, 11) is 1.60. The molecule has 0 fully saturated rings. The number of nitrogens with zero attached hydrogens (tertiary/aromatic N) is 3. The highest BCUT2D eigenvalue weighted by molar-refractivity contribution is 9.10. The number of hydrogen-bond donors (Lipinski definition) is 2. The minimum absolute atomic E-state index is 0.153. The highest BCUT2D eigenvalue weighted by atomic mass is 79.9. The Balaban J connectivity index is 1.33. The van der Waals surface area contributed by atoms with Crippen LogP contribution < -0.4 is 15.4 Å². The van der Waals surface area contributed by atoms with E-state index in [1.54, 1.807) is 49.7 Å². The molecule has 9 heteroatoms. The molecule has 33 heavy (non-hydrogen) atoms. The summed E-state index contributed by atoms with van der Waals surface area (Å²) in [6.45, 7) is 0.374. The zero-order valence-corrected chi connectivity index (χ0v) is 19.2. The Hall–Kier alpha value is -3.98. The van der Waals surface area contributed by atoms with Crippen LogP contribution in [0.5, 0.6) is 5.75 Å². The number of carbonyl (C=O) groups excluding carboxylic acids is 2. The molecule has 0 radical (unpaired) electrons. The van der Waals surface area contributed by atoms with E-state index in [9.17, 15) is 9.59 Å². The summed E-state index contributed by atoms with van der Waals surface area (Å²) in [4.78, 5) is 24.8. The molecule has 0 aliphatic carbocycles. The second kappa shape index (κ2) is 10.1. The molecule has 0 aliphatic heterocycles. The van der Waals surface area contributed by atoms with E-state index in [4.69, 9.17) is 4.74 Å². The van der Waals surface area contributed by atoms with E-state index in [-0.39, 0.29) is 17.5 Å². The number of hydrogen-bond acceptors (Lipinski definition) is 5. The van der Waals surface area contributed by atoms with Crippen LogP contribution in [-0.2, 0) is 6.54 Å². The Morgan fingerprint density at radius 2 is 1.64 bits per heavy atom. The maximum atomic E-state index is 12.5. The summed E-state index contributed by atoms with van der Waals surface area (Å²) < 4.78 is 7.58. The van der Waals surface area contributed by atoms with E-state index in [1.165, 1.54) is 4.68 Å². The number of methoxy groups -OCH3 is 1. The topological polar surface area (TPSA) is 98.1 Å². The van der Waals surface area contributed by atoms with Gasteiger partial charge in [-0.05, 0) is 66.2 Å². The first-order chi connectivity index (χ1) is 16.0. The molecule has 0 spiro atoms. The molecule has 4 rings (SSSR count). The lowest BCUT2D eigenvalue weighted by Crippen LogP contribution is -2.22. The molecule has 0 bridgehead atoms. The number of rotatable bonds is 7. The third kappa shape index (κ3) is 5.64. The lowest BCUT2D eigenvalue weighted by molar-refractivity contribution is 0.0950. The zero-order valence-electron chi connectivity index (χ0n) is 17.7. The number of ether oxygens (including phenoxy) is 1. The SMILES string of the molecule is COc1ccc(-n2cc(C(=O)Nc3ccc(CNC(=O)c4ccc(Br)cc4)cc3)nn2)cc1. The second-order valence-electron chi connectivity index (χ2n) is 7.09. The number of aromatic nitrogens is 3. The van der Waals surface area contributed by atoms with Gasteiger partial charge in [0.1, 0.15) is 5.75 Å². The molecule has 0 unspecified atom stereocenters. The number of benzene rings is 3. The van der Waals surface area contributed by atoms with Gasteiger partial charge in [-0.3, -0.25) is 9.59 Å². The van der Waals surface area contributed by atoms with E-state index < -0.39 is 0 Å². The van der Waals surface area contributed by atoms with Crippen LogP contribution >= 0.6 is 15.9 Å². The summed E-state index contributed by atoms with van der Waals surface area (Å²) in [6, 6.07) is 21.6. The maximum Gasteiger partial charge on any atom is 0.277 e. The van der Waals surface area contributed by atoms with Crippen molar-refractivity contribution in [3.8, 4) is 11.4 Å². The van der Waals surface area contributed by atoms with E-state index in [0.717, 1.165) is 21.5 Å². The van der Waals surface area contributed by atoms with Gasteiger partial charge in [0.2, 0.25) is 0 Å². The number of halogens is 1. The van der Waals surface area contributed by atoms with Crippen molar-refractivity contribution in [2.24, 2.45) is 0 Å². The normalized spacial score (nSPS) is 10.5. The lowest BCUT2D eigenvalue weighted by atomic mass is 10.2. The van der Waals surface area contributed by atoms with Crippen molar-refractivity contribution in [1.29, 1.82) is 0 Å². The summed E-state index contributed by atoms with van der Waals surface area (Å²) in [6.07, 6.45) is 1.56. The van der Waals surface area contributed by atoms with Crippen LogP contribution in [0.4, 0.5) is 5.69 Å². The molecule has 8 nitrogen and oxygen atoms in total. The van der Waals surface area contributed by atoms with Crippen molar-refractivity contribution >= 4 is 33.4 Å². The van der Waals surface area contributed by atoms with Gasteiger partial charge in [0.25, 0.3) is 11.8 Å². The fraction of sp³-hybridized carbons (Fsp3) is 0.0833. The minimum Gasteiger partial charge on any atom is -0.497 e. The van der Waals surface area contributed by atoms with Crippen molar-refractivity contribution in [1.82, 2.24) is 20.3 Å². The maximum absolute atomic E-state index is 12.5. The molecule has 0 saturated carbocycles. The monoisotopic (exact) mass is 505 g/mol. The Labute approximate surface area is 198 Å². The zero-order chi connectivity index (χ0) is 23.2. The van der Waals surface area contributed by atoms with E-state index in [0.29, 0.717) is 17.8 Å². The van der Waals surface area contributed by atoms with Gasteiger partial charge in [0.15, 0.2) is 5.69 Å². The average Bonchev–Trinajstić information content (AvgIpc) is 3.34. The molecule has 0 atom stereocenters. The second-order valence-corrected chi connectivity index (χ2v) is 8.00. The van der Waals surface area contributed by atoms with Crippen LogP contribution in [0.3, 0.4) is 0 Å². The Morgan fingerprint density at radius 3 is 2.30 bits per heavy atom. The predicted octanol–water partition coefficient (Wildman–Crippen LogP) is 4.22. The third-order valence-electron chi connectivity index (χ3n) is 4.83. The van der Waals surface area contributed by atoms with Gasteiger partial charge < -0.3 is 15.4 Å². The highest BCUT2D eigenvalue weighted by Gasteiger charge is 2.12. The number of carbonyl (C=O) groups is 2. The first-order valence-corrected chi connectivity index (χ1v) is 10.8. The standard InChI is InChI=1S/C24H20BrN5O3/c1-33-21-12-10-20(11-13-21)30-15-22(28-29-30)24(32)27-19-8-2-16(3-9-19)14-26-23(31)17-4-6-18(25)7-5-17/h2-13,15H,14H2,1H3,(H,26,31)(H,27,32). The fourth-order valence-electron chi connectivity index (χ4n) is 3.02. The molecule has 4 aromatic rings. The number of anilines is 1. The summed E-state index contributed by atoms with van der Waals surface area (Å²) in [5, 5.41) is 13.6. The van der Waals surface area contributed by atoms with Crippen LogP contribution in [0.1, 0.15) is 26.4 Å². The van der Waals surface area contributed by atoms with Crippen molar-refractivity contribution in [2.75, 3.05) is 12.4 Å². The number of amides is 2. The van der Waals surface area contributed by atoms with E-state index >= 15 is 0 Å². The summed E-state index contributed by atoms with van der Waals surface area (Å²) in [5.41, 5.74) is 3.06. The molecule has 3 aromatic carbocycles. The van der Waals surface area contributed by atoms with Crippen molar-refractivity contribution in [2.45, 2.75) is 6.54 Å². The first kappa shape index (κ1) is 22.2. The summed E-state index contributed by atoms with van der Waals surface area (Å²) in [5.74, 6) is 0.207. The van der Waals surface area contributed by atoms with Gasteiger partial charge in [0.05, 0.1) is 19.0 Å². The van der Waals surface area contributed by atoms with Gasteiger partial charge in [-0.1, -0.05) is 33.3 Å². The molecule has 1 heterocycles. The Bertz CT molecular complexity index is 1250. The van der Waals surface area contributed by atoms with Crippen molar-refractivity contribution in [3.63, 3.8) is 0 Å². The van der Waals surface area contributed by atoms with Crippen molar-refractivity contribution in [3.05, 3.63) is 100 Å². The highest BCUT2D eigenvalue weighted by Crippen LogP contribution is 2.15. The lowest BCUT2D eigenvalue weighted by Gasteiger charge is -2.07. The Morgan fingerprint density at radius 1 is 0.939 bits per heavy atom. The predicted molar refractivity (Wildman–Crippen MR) is 128 cm³/mol. The first-order valence-electron chi connectivity index (χ1n) is 10.0. The molecule has 166 valence electrons. The molecular formula is C24H20BrN5O3. The van der Waals surface area contributed by atoms with E-state index in [1.807, 2.05) is 36.4 Å². The molecule has 0 aliphatic rings. The average molecular weight is 506 g/mol. The van der Waals surface area contributed by atoms with Crippen LogP contribution in [0.25, 0.3) is 5.69 Å². The van der Waals surface area contributed by atoms with Gasteiger partial charge in [-0.25, -0.2) is 4.68 Å². The van der Waals surface area contributed by atoms with Crippen LogP contribution in [-0.4, -0.2) is 33.9 Å². The van der Waals surface area contributed by atoms with Crippen LogP contribution in [0.15, 0.2) is 83.5 Å². The minimum atomic E-state index is -0.369. The molecule has 0 saturated heterocycles. The summed E-state index contributed by atoms with van der Waals surface area (Å²) >= 11 is 3.35. The molecule has 2 N–H and O–H groups in total. The molecular weight excluding hydrogens is 486 g/mol. The quantitative estimate of drug-likeness (QED) is 0.391. The van der Waals surface area contributed by atoms with Gasteiger partial charge in [-0.15, -0.1) is 5.10 Å².